The van der Waals surface area contributed by atoms with Crippen molar-refractivity contribution in [3.8, 4) is 0 Å². The van der Waals surface area contributed by atoms with Crippen LogP contribution < -0.4 is 5.56 Å². The molecule has 0 saturated heterocycles. The van der Waals surface area contributed by atoms with E-state index in [0.29, 0.717) is 0 Å². The van der Waals surface area contributed by atoms with Crippen molar-refractivity contribution in [2.24, 2.45) is 0 Å². The number of hydrogen-bond donors (Lipinski definition) is 1. The lowest BCUT2D eigenvalue weighted by Gasteiger charge is -1.94. The van der Waals surface area contributed by atoms with Crippen LogP contribution in [-0.2, 0) is 6.42 Å². The maximum absolute atomic E-state index is 11.3. The van der Waals surface area contributed by atoms with Crippen LogP contribution in [-0.4, -0.2) is 10.2 Å². The standard InChI is InChI=1S/C8H7BrN2OS/c1-2-5-4-3-6(9)13-7(4)8(12)11-10-5/h3H,2H2,1H3,(H,11,12). The van der Waals surface area contributed by atoms with Crippen LogP contribution in [0.1, 0.15) is 12.6 Å². The normalized spacial score (nSPS) is 10.9. The van der Waals surface area contributed by atoms with Crippen LogP contribution in [0.2, 0.25) is 0 Å². The highest BCUT2D eigenvalue weighted by atomic mass is 79.9. The molecule has 0 aromatic carbocycles. The largest absolute Gasteiger partial charge is 0.282 e. The van der Waals surface area contributed by atoms with E-state index in [4.69, 9.17) is 0 Å². The van der Waals surface area contributed by atoms with Crippen LogP contribution in [0.15, 0.2) is 14.6 Å². The van der Waals surface area contributed by atoms with E-state index in [1.807, 2.05) is 13.0 Å². The van der Waals surface area contributed by atoms with Gasteiger partial charge >= 0.3 is 0 Å². The van der Waals surface area contributed by atoms with E-state index in [0.717, 1.165) is 26.0 Å². The lowest BCUT2D eigenvalue weighted by molar-refractivity contribution is 0.921. The average Bonchev–Trinajstić information content (AvgIpc) is 2.48. The van der Waals surface area contributed by atoms with E-state index in [2.05, 4.69) is 26.1 Å². The van der Waals surface area contributed by atoms with Gasteiger partial charge in [0.05, 0.1) is 9.48 Å². The van der Waals surface area contributed by atoms with Crippen LogP contribution in [0, 0.1) is 0 Å². The third-order valence-corrected chi connectivity index (χ3v) is 3.48. The predicted octanol–water partition coefficient (Wildman–Crippen LogP) is 2.31. The van der Waals surface area contributed by atoms with Gasteiger partial charge in [-0.1, -0.05) is 6.92 Å². The van der Waals surface area contributed by atoms with Gasteiger partial charge in [-0.3, -0.25) is 4.79 Å². The van der Waals surface area contributed by atoms with Gasteiger partial charge in [-0.15, -0.1) is 11.3 Å². The maximum atomic E-state index is 11.3. The van der Waals surface area contributed by atoms with E-state index in [1.165, 1.54) is 11.3 Å². The summed E-state index contributed by atoms with van der Waals surface area (Å²) < 4.78 is 1.72. The van der Waals surface area contributed by atoms with Crippen LogP contribution in [0.3, 0.4) is 0 Å². The highest BCUT2D eigenvalue weighted by Crippen LogP contribution is 2.28. The molecule has 0 aliphatic rings. The Hall–Kier alpha value is -0.680. The van der Waals surface area contributed by atoms with Crippen LogP contribution in [0.4, 0.5) is 0 Å². The molecule has 1 N–H and O–H groups in total. The predicted molar refractivity (Wildman–Crippen MR) is 57.3 cm³/mol. The molecule has 0 atom stereocenters. The summed E-state index contributed by atoms with van der Waals surface area (Å²) in [5.41, 5.74) is 0.833. The molecular weight excluding hydrogens is 252 g/mol. The van der Waals surface area contributed by atoms with E-state index in [1.54, 1.807) is 0 Å². The molecule has 68 valence electrons. The van der Waals surface area contributed by atoms with Gasteiger partial charge in [0.25, 0.3) is 5.56 Å². The SMILES string of the molecule is CCc1n[nH]c(=O)c2sc(Br)cc12. The van der Waals surface area contributed by atoms with Crippen molar-refractivity contribution in [1.82, 2.24) is 10.2 Å². The molecule has 0 aliphatic carbocycles. The Balaban J connectivity index is 2.92. The first-order valence-electron chi connectivity index (χ1n) is 3.89. The average molecular weight is 259 g/mol. The third kappa shape index (κ3) is 1.42. The van der Waals surface area contributed by atoms with Crippen LogP contribution in [0.5, 0.6) is 0 Å². The molecule has 13 heavy (non-hydrogen) atoms. The van der Waals surface area contributed by atoms with Gasteiger partial charge in [-0.05, 0) is 28.4 Å². The molecule has 0 aliphatic heterocycles. The molecule has 2 aromatic rings. The summed E-state index contributed by atoms with van der Waals surface area (Å²) in [6, 6.07) is 1.95. The molecule has 2 aromatic heterocycles. The Kier molecular flexibility index (Phi) is 2.21. The quantitative estimate of drug-likeness (QED) is 0.854. The number of nitrogens with one attached hydrogen (secondary N) is 1. The Morgan fingerprint density at radius 2 is 2.46 bits per heavy atom. The molecule has 0 unspecified atom stereocenters. The number of hydrogen-bond acceptors (Lipinski definition) is 3. The van der Waals surface area contributed by atoms with E-state index in [9.17, 15) is 4.79 Å². The minimum atomic E-state index is -0.108. The number of nitrogens with zero attached hydrogens (tertiary/aromatic N) is 1. The van der Waals surface area contributed by atoms with Gasteiger partial charge in [0.2, 0.25) is 0 Å². The number of aryl methyl sites for hydroxylation is 1. The molecule has 0 bridgehead atoms. The number of fused-ring (bicyclic) bond motifs is 1. The van der Waals surface area contributed by atoms with Gasteiger partial charge in [0.15, 0.2) is 0 Å². The molecular formula is C8H7BrN2OS. The minimum Gasteiger partial charge on any atom is -0.266 e. The molecule has 0 saturated carbocycles. The Labute approximate surface area is 86.9 Å². The minimum absolute atomic E-state index is 0.108. The van der Waals surface area contributed by atoms with Crippen LogP contribution in [0.25, 0.3) is 10.1 Å². The van der Waals surface area contributed by atoms with E-state index in [-0.39, 0.29) is 5.56 Å². The fourth-order valence-electron chi connectivity index (χ4n) is 1.24. The molecule has 0 spiro atoms. The fourth-order valence-corrected chi connectivity index (χ4v) is 2.75. The first-order valence-corrected chi connectivity index (χ1v) is 5.50. The summed E-state index contributed by atoms with van der Waals surface area (Å²) in [7, 11) is 0. The fraction of sp³-hybridized carbons (Fsp3) is 0.250. The summed E-state index contributed by atoms with van der Waals surface area (Å²) >= 11 is 4.80. The molecule has 0 amide bonds. The Morgan fingerprint density at radius 1 is 1.69 bits per heavy atom. The third-order valence-electron chi connectivity index (χ3n) is 1.85. The first kappa shape index (κ1) is 8.90. The molecule has 5 heteroatoms. The lowest BCUT2D eigenvalue weighted by Crippen LogP contribution is -2.08. The molecule has 2 rings (SSSR count). The van der Waals surface area contributed by atoms with Gasteiger partial charge in [-0.25, -0.2) is 5.10 Å². The summed E-state index contributed by atoms with van der Waals surface area (Å²) in [5.74, 6) is 0. The monoisotopic (exact) mass is 258 g/mol. The molecule has 3 nitrogen and oxygen atoms in total. The van der Waals surface area contributed by atoms with Crippen LogP contribution >= 0.6 is 27.3 Å². The number of rotatable bonds is 1. The first-order chi connectivity index (χ1) is 6.22. The van der Waals surface area contributed by atoms with Crippen molar-refractivity contribution in [3.63, 3.8) is 0 Å². The zero-order valence-corrected chi connectivity index (χ0v) is 9.33. The van der Waals surface area contributed by atoms with Gasteiger partial charge in [0.1, 0.15) is 4.70 Å². The van der Waals surface area contributed by atoms with Crippen molar-refractivity contribution >= 4 is 37.4 Å². The second-order valence-corrected chi connectivity index (χ2v) is 5.08. The second-order valence-electron chi connectivity index (χ2n) is 2.65. The number of thiophene rings is 1. The highest BCUT2D eigenvalue weighted by Gasteiger charge is 2.08. The summed E-state index contributed by atoms with van der Waals surface area (Å²) in [4.78, 5) is 11.3. The zero-order valence-electron chi connectivity index (χ0n) is 6.93. The maximum Gasteiger partial charge on any atom is 0.282 e. The summed E-state index contributed by atoms with van der Waals surface area (Å²) in [6.07, 6.45) is 0.830. The number of aromatic nitrogens is 2. The summed E-state index contributed by atoms with van der Waals surface area (Å²) in [5, 5.41) is 7.44. The van der Waals surface area contributed by atoms with E-state index < -0.39 is 0 Å². The molecule has 0 fully saturated rings. The number of aromatic amines is 1. The van der Waals surface area contributed by atoms with Crippen molar-refractivity contribution in [1.29, 1.82) is 0 Å². The van der Waals surface area contributed by atoms with Gasteiger partial charge in [0, 0.05) is 5.39 Å². The Morgan fingerprint density at radius 3 is 3.15 bits per heavy atom. The highest BCUT2D eigenvalue weighted by molar-refractivity contribution is 9.11. The lowest BCUT2D eigenvalue weighted by atomic mass is 10.2. The number of halogens is 1. The summed E-state index contributed by atoms with van der Waals surface area (Å²) in [6.45, 7) is 2.02. The topological polar surface area (TPSA) is 45.8 Å². The van der Waals surface area contributed by atoms with Crippen molar-refractivity contribution in [2.75, 3.05) is 0 Å². The van der Waals surface area contributed by atoms with Gasteiger partial charge in [-0.2, -0.15) is 5.10 Å². The van der Waals surface area contributed by atoms with Crippen molar-refractivity contribution in [2.45, 2.75) is 13.3 Å². The zero-order chi connectivity index (χ0) is 9.42. The molecule has 2 heterocycles. The second kappa shape index (κ2) is 3.23. The molecule has 0 radical (unpaired) electrons. The van der Waals surface area contributed by atoms with Gasteiger partial charge < -0.3 is 0 Å². The van der Waals surface area contributed by atoms with Crippen molar-refractivity contribution < 1.29 is 0 Å². The Bertz CT molecular complexity index is 502. The smallest absolute Gasteiger partial charge is 0.266 e. The van der Waals surface area contributed by atoms with E-state index >= 15 is 0 Å². The number of H-pyrrole nitrogens is 1. The van der Waals surface area contributed by atoms with Crippen molar-refractivity contribution in [3.05, 3.63) is 25.9 Å².